The van der Waals surface area contributed by atoms with E-state index in [1.54, 1.807) is 30.3 Å². The molecule has 0 aliphatic heterocycles. The smallest absolute Gasteiger partial charge is 0.337 e. The van der Waals surface area contributed by atoms with Crippen LogP contribution in [0.2, 0.25) is 0 Å². The Kier molecular flexibility index (Phi) is 4.71. The first kappa shape index (κ1) is 11.6. The summed E-state index contributed by atoms with van der Waals surface area (Å²) < 4.78 is 9.86. The average Bonchev–Trinajstić information content (AvgIpc) is 2.29. The van der Waals surface area contributed by atoms with Gasteiger partial charge in [-0.3, -0.25) is 0 Å². The van der Waals surface area contributed by atoms with Crippen LogP contribution in [0.5, 0.6) is 5.75 Å². The zero-order chi connectivity index (χ0) is 11.1. The number of methoxy groups -OCH3 is 1. The fourth-order valence-electron chi connectivity index (χ4n) is 0.986. The third-order valence-corrected chi connectivity index (χ3v) is 1.89. The molecule has 0 aliphatic rings. The van der Waals surface area contributed by atoms with Gasteiger partial charge in [0.15, 0.2) is 0 Å². The number of benzene rings is 1. The van der Waals surface area contributed by atoms with Crippen molar-refractivity contribution < 1.29 is 14.3 Å². The SMILES string of the molecule is COC(=O)c1ccc(OCC=CCl)cc1. The summed E-state index contributed by atoms with van der Waals surface area (Å²) in [5.74, 6) is 0.319. The number of hydrogen-bond acceptors (Lipinski definition) is 3. The minimum Gasteiger partial charge on any atom is -0.490 e. The van der Waals surface area contributed by atoms with Gasteiger partial charge < -0.3 is 9.47 Å². The number of carbonyl (C=O) groups is 1. The molecule has 0 spiro atoms. The van der Waals surface area contributed by atoms with Crippen LogP contribution in [0.15, 0.2) is 35.9 Å². The highest BCUT2D eigenvalue weighted by molar-refractivity contribution is 6.25. The van der Waals surface area contributed by atoms with Crippen molar-refractivity contribution in [1.82, 2.24) is 0 Å². The van der Waals surface area contributed by atoms with Gasteiger partial charge in [0.25, 0.3) is 0 Å². The minimum absolute atomic E-state index is 0.359. The lowest BCUT2D eigenvalue weighted by Crippen LogP contribution is -2.01. The molecular formula is C11H11ClO3. The molecule has 0 N–H and O–H groups in total. The predicted molar refractivity (Wildman–Crippen MR) is 58.3 cm³/mol. The van der Waals surface area contributed by atoms with E-state index in [0.717, 1.165) is 0 Å². The van der Waals surface area contributed by atoms with Crippen LogP contribution in [0.25, 0.3) is 0 Å². The molecule has 0 atom stereocenters. The normalized spacial score (nSPS) is 10.3. The molecule has 0 aromatic heterocycles. The van der Waals surface area contributed by atoms with Gasteiger partial charge in [0.1, 0.15) is 12.4 Å². The molecule has 0 saturated carbocycles. The van der Waals surface area contributed by atoms with E-state index in [9.17, 15) is 4.79 Å². The summed E-state index contributed by atoms with van der Waals surface area (Å²) in [4.78, 5) is 11.1. The van der Waals surface area contributed by atoms with Gasteiger partial charge in [0.2, 0.25) is 0 Å². The van der Waals surface area contributed by atoms with Gasteiger partial charge in [-0.1, -0.05) is 11.6 Å². The molecule has 0 amide bonds. The fraction of sp³-hybridized carbons (Fsp3) is 0.182. The van der Waals surface area contributed by atoms with Gasteiger partial charge in [-0.05, 0) is 30.3 Å². The van der Waals surface area contributed by atoms with E-state index >= 15 is 0 Å². The van der Waals surface area contributed by atoms with Gasteiger partial charge in [-0.2, -0.15) is 0 Å². The Morgan fingerprint density at radius 1 is 1.40 bits per heavy atom. The van der Waals surface area contributed by atoms with Gasteiger partial charge in [0.05, 0.1) is 12.7 Å². The molecule has 4 heteroatoms. The maximum atomic E-state index is 11.1. The summed E-state index contributed by atoms with van der Waals surface area (Å²) in [5, 5.41) is 0. The van der Waals surface area contributed by atoms with Crippen LogP contribution >= 0.6 is 11.6 Å². The van der Waals surface area contributed by atoms with Crippen molar-refractivity contribution in [2.75, 3.05) is 13.7 Å². The van der Waals surface area contributed by atoms with E-state index in [4.69, 9.17) is 16.3 Å². The lowest BCUT2D eigenvalue weighted by atomic mass is 10.2. The molecule has 0 saturated heterocycles. The topological polar surface area (TPSA) is 35.5 Å². The second kappa shape index (κ2) is 6.09. The van der Waals surface area contributed by atoms with Crippen LogP contribution in [0.1, 0.15) is 10.4 Å². The van der Waals surface area contributed by atoms with Gasteiger partial charge in [-0.15, -0.1) is 0 Å². The number of ether oxygens (including phenoxy) is 2. The number of carbonyl (C=O) groups excluding carboxylic acids is 1. The third-order valence-electron chi connectivity index (χ3n) is 1.71. The van der Waals surface area contributed by atoms with E-state index in [0.29, 0.717) is 17.9 Å². The Morgan fingerprint density at radius 2 is 2.07 bits per heavy atom. The van der Waals surface area contributed by atoms with E-state index in [-0.39, 0.29) is 5.97 Å². The summed E-state index contributed by atoms with van der Waals surface area (Å²) in [5.41, 5.74) is 1.89. The molecule has 0 fully saturated rings. The first-order valence-electron chi connectivity index (χ1n) is 4.34. The van der Waals surface area contributed by atoms with Crippen LogP contribution in [-0.2, 0) is 4.74 Å². The number of esters is 1. The van der Waals surface area contributed by atoms with Crippen molar-refractivity contribution in [2.24, 2.45) is 0 Å². The van der Waals surface area contributed by atoms with Crippen LogP contribution in [0.4, 0.5) is 0 Å². The van der Waals surface area contributed by atoms with E-state index in [1.807, 2.05) is 0 Å². The summed E-state index contributed by atoms with van der Waals surface area (Å²) in [7, 11) is 1.35. The molecule has 1 aromatic carbocycles. The molecule has 0 bridgehead atoms. The average molecular weight is 227 g/mol. The molecule has 0 heterocycles. The highest BCUT2D eigenvalue weighted by Crippen LogP contribution is 2.12. The van der Waals surface area contributed by atoms with Crippen molar-refractivity contribution in [1.29, 1.82) is 0 Å². The largest absolute Gasteiger partial charge is 0.490 e. The zero-order valence-electron chi connectivity index (χ0n) is 8.27. The molecule has 1 rings (SSSR count). The monoisotopic (exact) mass is 226 g/mol. The molecule has 3 nitrogen and oxygen atoms in total. The lowest BCUT2D eigenvalue weighted by Gasteiger charge is -2.03. The molecule has 15 heavy (non-hydrogen) atoms. The minimum atomic E-state index is -0.359. The molecule has 80 valence electrons. The third kappa shape index (κ3) is 3.64. The number of hydrogen-bond donors (Lipinski definition) is 0. The predicted octanol–water partition coefficient (Wildman–Crippen LogP) is 2.60. The molecular weight excluding hydrogens is 216 g/mol. The maximum Gasteiger partial charge on any atom is 0.337 e. The van der Waals surface area contributed by atoms with Crippen molar-refractivity contribution >= 4 is 17.6 Å². The Morgan fingerprint density at radius 3 is 2.60 bits per heavy atom. The van der Waals surface area contributed by atoms with Crippen LogP contribution < -0.4 is 4.74 Å². The quantitative estimate of drug-likeness (QED) is 0.741. The molecule has 0 unspecified atom stereocenters. The summed E-state index contributed by atoms with van der Waals surface area (Å²) in [6, 6.07) is 6.69. The first-order chi connectivity index (χ1) is 7.27. The van der Waals surface area contributed by atoms with Crippen molar-refractivity contribution in [3.8, 4) is 5.75 Å². The van der Waals surface area contributed by atoms with E-state index in [1.165, 1.54) is 12.6 Å². The Bertz CT molecular complexity index is 343. The molecule has 0 aliphatic carbocycles. The highest BCUT2D eigenvalue weighted by atomic mass is 35.5. The summed E-state index contributed by atoms with van der Waals surface area (Å²) in [6.45, 7) is 0.404. The first-order valence-corrected chi connectivity index (χ1v) is 4.78. The lowest BCUT2D eigenvalue weighted by molar-refractivity contribution is 0.0600. The van der Waals surface area contributed by atoms with Gasteiger partial charge >= 0.3 is 5.97 Å². The molecule has 0 radical (unpaired) electrons. The number of rotatable bonds is 4. The summed E-state index contributed by atoms with van der Waals surface area (Å²) >= 11 is 5.33. The second-order valence-electron chi connectivity index (χ2n) is 2.69. The van der Waals surface area contributed by atoms with Gasteiger partial charge in [-0.25, -0.2) is 4.79 Å². The number of halogens is 1. The van der Waals surface area contributed by atoms with E-state index in [2.05, 4.69) is 4.74 Å². The standard InChI is InChI=1S/C11H11ClO3/c1-14-11(13)9-3-5-10(6-4-9)15-8-2-7-12/h2-7H,8H2,1H3. The molecule has 1 aromatic rings. The second-order valence-corrected chi connectivity index (χ2v) is 2.94. The van der Waals surface area contributed by atoms with Crippen LogP contribution in [0, 0.1) is 0 Å². The Hall–Kier alpha value is -1.48. The highest BCUT2D eigenvalue weighted by Gasteiger charge is 2.03. The van der Waals surface area contributed by atoms with Crippen molar-refractivity contribution in [3.63, 3.8) is 0 Å². The maximum absolute atomic E-state index is 11.1. The Labute approximate surface area is 93.3 Å². The van der Waals surface area contributed by atoms with Crippen molar-refractivity contribution in [3.05, 3.63) is 41.4 Å². The van der Waals surface area contributed by atoms with Crippen LogP contribution in [-0.4, -0.2) is 19.7 Å². The van der Waals surface area contributed by atoms with Crippen molar-refractivity contribution in [2.45, 2.75) is 0 Å². The zero-order valence-corrected chi connectivity index (χ0v) is 9.03. The summed E-state index contributed by atoms with van der Waals surface area (Å²) in [6.07, 6.45) is 1.68. The van der Waals surface area contributed by atoms with E-state index < -0.39 is 0 Å². The Balaban J connectivity index is 2.60. The van der Waals surface area contributed by atoms with Gasteiger partial charge in [0, 0.05) is 5.54 Å². The fourth-order valence-corrected chi connectivity index (χ4v) is 1.06. The van der Waals surface area contributed by atoms with Crippen LogP contribution in [0.3, 0.4) is 0 Å².